The summed E-state index contributed by atoms with van der Waals surface area (Å²) < 4.78 is 38.0. The Balaban J connectivity index is 2.15. The minimum absolute atomic E-state index is 0.346. The molecule has 2 nitrogen and oxygen atoms in total. The van der Waals surface area contributed by atoms with Crippen LogP contribution in [0.1, 0.15) is 18.1 Å². The average Bonchev–Trinajstić information content (AvgIpc) is 2.30. The Morgan fingerprint density at radius 3 is 2.79 bits per heavy atom. The third-order valence-corrected chi connectivity index (χ3v) is 3.59. The Labute approximate surface area is 115 Å². The molecule has 0 unspecified atom stereocenters. The van der Waals surface area contributed by atoms with E-state index in [9.17, 15) is 13.2 Å². The number of rotatable bonds is 2. The summed E-state index contributed by atoms with van der Waals surface area (Å²) in [4.78, 5) is 2.11. The van der Waals surface area contributed by atoms with E-state index in [1.54, 1.807) is 0 Å². The largest absolute Gasteiger partial charge is 0.416 e. The van der Waals surface area contributed by atoms with E-state index < -0.39 is 11.7 Å². The highest BCUT2D eigenvalue weighted by molar-refractivity contribution is 6.31. The summed E-state index contributed by atoms with van der Waals surface area (Å²) in [5.41, 5.74) is -0.110. The first kappa shape index (κ1) is 14.6. The Kier molecular flexibility index (Phi) is 4.38. The number of nitrogens with one attached hydrogen (secondary N) is 1. The number of benzene rings is 1. The van der Waals surface area contributed by atoms with E-state index in [1.807, 2.05) is 0 Å². The first-order valence-corrected chi connectivity index (χ1v) is 6.55. The van der Waals surface area contributed by atoms with Gasteiger partial charge in [-0.2, -0.15) is 13.2 Å². The number of nitrogens with zero attached hydrogens (tertiary/aromatic N) is 1. The molecule has 1 saturated heterocycles. The second kappa shape index (κ2) is 5.69. The van der Waals surface area contributed by atoms with Crippen LogP contribution in [0.3, 0.4) is 0 Å². The zero-order valence-corrected chi connectivity index (χ0v) is 11.4. The first-order valence-electron chi connectivity index (χ1n) is 6.17. The highest BCUT2D eigenvalue weighted by Crippen LogP contribution is 2.32. The molecule has 0 saturated carbocycles. The maximum Gasteiger partial charge on any atom is 0.416 e. The van der Waals surface area contributed by atoms with Crippen molar-refractivity contribution in [3.63, 3.8) is 0 Å². The Morgan fingerprint density at radius 1 is 1.42 bits per heavy atom. The fourth-order valence-corrected chi connectivity index (χ4v) is 2.45. The zero-order chi connectivity index (χ0) is 14.0. The van der Waals surface area contributed by atoms with Crippen LogP contribution in [0.25, 0.3) is 0 Å². The third kappa shape index (κ3) is 3.84. The van der Waals surface area contributed by atoms with E-state index in [4.69, 9.17) is 11.6 Å². The molecule has 0 aromatic heterocycles. The number of piperazine rings is 1. The zero-order valence-electron chi connectivity index (χ0n) is 10.6. The van der Waals surface area contributed by atoms with Gasteiger partial charge in [0, 0.05) is 37.2 Å². The lowest BCUT2D eigenvalue weighted by Crippen LogP contribution is -2.48. The molecule has 1 aromatic rings. The van der Waals surface area contributed by atoms with Crippen molar-refractivity contribution in [1.29, 1.82) is 0 Å². The molecule has 0 amide bonds. The number of hydrogen-bond acceptors (Lipinski definition) is 2. The maximum atomic E-state index is 12.7. The Morgan fingerprint density at radius 2 is 2.16 bits per heavy atom. The predicted octanol–water partition coefficient (Wildman–Crippen LogP) is 3.15. The predicted molar refractivity (Wildman–Crippen MR) is 69.2 cm³/mol. The second-order valence-electron chi connectivity index (χ2n) is 4.89. The molecule has 0 spiro atoms. The van der Waals surface area contributed by atoms with Gasteiger partial charge in [-0.1, -0.05) is 11.6 Å². The summed E-state index contributed by atoms with van der Waals surface area (Å²) in [7, 11) is 0. The lowest BCUT2D eigenvalue weighted by molar-refractivity contribution is -0.137. The molecule has 6 heteroatoms. The van der Waals surface area contributed by atoms with Crippen molar-refractivity contribution in [2.45, 2.75) is 25.7 Å². The van der Waals surface area contributed by atoms with Crippen LogP contribution in [0.4, 0.5) is 13.2 Å². The molecule has 19 heavy (non-hydrogen) atoms. The van der Waals surface area contributed by atoms with Crippen molar-refractivity contribution in [1.82, 2.24) is 10.2 Å². The van der Waals surface area contributed by atoms with Gasteiger partial charge in [-0.05, 0) is 30.7 Å². The molecule has 1 atom stereocenters. The molecule has 1 aliphatic rings. The van der Waals surface area contributed by atoms with E-state index in [0.29, 0.717) is 23.2 Å². The highest BCUT2D eigenvalue weighted by atomic mass is 35.5. The van der Waals surface area contributed by atoms with Gasteiger partial charge in [0.25, 0.3) is 0 Å². The molecule has 1 fully saturated rings. The van der Waals surface area contributed by atoms with E-state index in [0.717, 1.165) is 31.8 Å². The van der Waals surface area contributed by atoms with E-state index in [-0.39, 0.29) is 0 Å². The minimum Gasteiger partial charge on any atom is -0.312 e. The van der Waals surface area contributed by atoms with Crippen LogP contribution >= 0.6 is 11.6 Å². The normalized spacial score (nSPS) is 21.6. The van der Waals surface area contributed by atoms with Crippen molar-refractivity contribution in [2.24, 2.45) is 0 Å². The Hall–Kier alpha value is -0.780. The molecule has 0 radical (unpaired) electrons. The molecule has 1 aromatic carbocycles. The topological polar surface area (TPSA) is 15.3 Å². The van der Waals surface area contributed by atoms with Gasteiger partial charge in [0.15, 0.2) is 0 Å². The summed E-state index contributed by atoms with van der Waals surface area (Å²) in [5, 5.41) is 3.68. The van der Waals surface area contributed by atoms with Crippen LogP contribution in [-0.4, -0.2) is 30.6 Å². The quantitative estimate of drug-likeness (QED) is 0.901. The van der Waals surface area contributed by atoms with Crippen LogP contribution in [-0.2, 0) is 12.7 Å². The summed E-state index contributed by atoms with van der Waals surface area (Å²) in [6.07, 6.45) is -4.32. The molecule has 0 aliphatic carbocycles. The molecule has 106 valence electrons. The summed E-state index contributed by atoms with van der Waals surface area (Å²) in [5.74, 6) is 0. The molecule has 1 N–H and O–H groups in total. The smallest absolute Gasteiger partial charge is 0.312 e. The van der Waals surface area contributed by atoms with Crippen molar-refractivity contribution >= 4 is 11.6 Å². The van der Waals surface area contributed by atoms with Gasteiger partial charge in [-0.15, -0.1) is 0 Å². The van der Waals surface area contributed by atoms with Crippen LogP contribution < -0.4 is 5.32 Å². The summed E-state index contributed by atoms with van der Waals surface area (Å²) in [6.45, 7) is 4.98. The van der Waals surface area contributed by atoms with Crippen LogP contribution in [0.15, 0.2) is 18.2 Å². The Bertz CT molecular complexity index is 448. The van der Waals surface area contributed by atoms with Crippen LogP contribution in [0, 0.1) is 0 Å². The van der Waals surface area contributed by atoms with Crippen molar-refractivity contribution < 1.29 is 13.2 Å². The summed E-state index contributed by atoms with van der Waals surface area (Å²) >= 11 is 5.99. The second-order valence-corrected chi connectivity index (χ2v) is 5.30. The molecular formula is C13H16ClF3N2. The van der Waals surface area contributed by atoms with E-state index in [2.05, 4.69) is 17.1 Å². The maximum absolute atomic E-state index is 12.7. The van der Waals surface area contributed by atoms with Crippen molar-refractivity contribution in [3.8, 4) is 0 Å². The fraction of sp³-hybridized carbons (Fsp3) is 0.538. The van der Waals surface area contributed by atoms with Gasteiger partial charge < -0.3 is 5.32 Å². The lowest BCUT2D eigenvalue weighted by Gasteiger charge is -2.32. The summed E-state index contributed by atoms with van der Waals surface area (Å²) in [6, 6.07) is 3.84. The molecular weight excluding hydrogens is 277 g/mol. The molecule has 1 aliphatic heterocycles. The SMILES string of the molecule is C[C@H]1CN(Cc2cc(C(F)(F)F)ccc2Cl)CCN1. The number of halogens is 4. The number of hydrogen-bond donors (Lipinski definition) is 1. The van der Waals surface area contributed by atoms with Gasteiger partial charge in [0.1, 0.15) is 0 Å². The first-order chi connectivity index (χ1) is 8.86. The van der Waals surface area contributed by atoms with Gasteiger partial charge in [-0.25, -0.2) is 0 Å². The third-order valence-electron chi connectivity index (χ3n) is 3.22. The van der Waals surface area contributed by atoms with Gasteiger partial charge >= 0.3 is 6.18 Å². The lowest BCUT2D eigenvalue weighted by atomic mass is 10.1. The van der Waals surface area contributed by atoms with Crippen molar-refractivity contribution in [3.05, 3.63) is 34.3 Å². The van der Waals surface area contributed by atoms with Gasteiger partial charge in [0.05, 0.1) is 5.56 Å². The fourth-order valence-electron chi connectivity index (χ4n) is 2.27. The van der Waals surface area contributed by atoms with Crippen LogP contribution in [0.5, 0.6) is 0 Å². The van der Waals surface area contributed by atoms with Crippen molar-refractivity contribution in [2.75, 3.05) is 19.6 Å². The molecule has 2 rings (SSSR count). The number of alkyl halides is 3. The standard InChI is InChI=1S/C13H16ClF3N2/c1-9-7-19(5-4-18-9)8-10-6-11(13(15,16)17)2-3-12(10)14/h2-3,6,9,18H,4-5,7-8H2,1H3/t9-/m0/s1. The average molecular weight is 293 g/mol. The molecule has 0 bridgehead atoms. The van der Waals surface area contributed by atoms with E-state index >= 15 is 0 Å². The van der Waals surface area contributed by atoms with E-state index in [1.165, 1.54) is 6.07 Å². The highest BCUT2D eigenvalue weighted by Gasteiger charge is 2.31. The molecule has 1 heterocycles. The minimum atomic E-state index is -4.32. The van der Waals surface area contributed by atoms with Crippen LogP contribution in [0.2, 0.25) is 5.02 Å². The van der Waals surface area contributed by atoms with Gasteiger partial charge in [0.2, 0.25) is 0 Å². The monoisotopic (exact) mass is 292 g/mol. The van der Waals surface area contributed by atoms with Gasteiger partial charge in [-0.3, -0.25) is 4.90 Å².